The highest BCUT2D eigenvalue weighted by Gasteiger charge is 2.24. The molecule has 0 fully saturated rings. The van der Waals surface area contributed by atoms with Crippen molar-refractivity contribution in [1.29, 1.82) is 0 Å². The average Bonchev–Trinajstić information content (AvgIpc) is 3.09. The van der Waals surface area contributed by atoms with Gasteiger partial charge in [-0.25, -0.2) is 13.1 Å². The van der Waals surface area contributed by atoms with Crippen molar-refractivity contribution in [2.24, 2.45) is 0 Å². The molecule has 2 aromatic rings. The van der Waals surface area contributed by atoms with E-state index in [4.69, 9.17) is 9.52 Å². The average molecular weight is 315 g/mol. The van der Waals surface area contributed by atoms with Crippen LogP contribution in [0.2, 0.25) is 0 Å². The van der Waals surface area contributed by atoms with Crippen LogP contribution in [0, 0.1) is 0 Å². The van der Waals surface area contributed by atoms with Crippen molar-refractivity contribution in [2.45, 2.75) is 37.5 Å². The van der Waals surface area contributed by atoms with Crippen molar-refractivity contribution in [1.82, 2.24) is 4.72 Å². The molecule has 1 unspecified atom stereocenters. The summed E-state index contributed by atoms with van der Waals surface area (Å²) < 4.78 is 32.3. The van der Waals surface area contributed by atoms with Gasteiger partial charge in [0.1, 0.15) is 12.4 Å². The SMILES string of the molecule is CCCC(NS(=O)(=O)c1ccc(CO)o1)c1cccs1. The summed E-state index contributed by atoms with van der Waals surface area (Å²) in [5, 5.41) is 10.7. The molecule has 5 nitrogen and oxygen atoms in total. The molecule has 2 heterocycles. The number of rotatable bonds is 7. The van der Waals surface area contributed by atoms with E-state index < -0.39 is 10.0 Å². The van der Waals surface area contributed by atoms with E-state index in [1.165, 1.54) is 23.5 Å². The molecule has 0 amide bonds. The molecule has 0 saturated carbocycles. The fraction of sp³-hybridized carbons (Fsp3) is 0.385. The van der Waals surface area contributed by atoms with Gasteiger partial charge in [0.25, 0.3) is 10.0 Å². The van der Waals surface area contributed by atoms with Crippen LogP contribution in [0.25, 0.3) is 0 Å². The number of hydrogen-bond donors (Lipinski definition) is 2. The minimum absolute atomic E-state index is 0.167. The lowest BCUT2D eigenvalue weighted by Crippen LogP contribution is -2.27. The van der Waals surface area contributed by atoms with E-state index in [9.17, 15) is 8.42 Å². The van der Waals surface area contributed by atoms with Crippen molar-refractivity contribution in [3.63, 3.8) is 0 Å². The van der Waals surface area contributed by atoms with Crippen LogP contribution in [-0.4, -0.2) is 13.5 Å². The van der Waals surface area contributed by atoms with Crippen LogP contribution in [0.4, 0.5) is 0 Å². The van der Waals surface area contributed by atoms with Gasteiger partial charge in [-0.2, -0.15) is 0 Å². The molecular formula is C13H17NO4S2. The minimum Gasteiger partial charge on any atom is -0.446 e. The quantitative estimate of drug-likeness (QED) is 0.823. The fourth-order valence-electron chi connectivity index (χ4n) is 1.87. The van der Waals surface area contributed by atoms with Crippen molar-refractivity contribution >= 4 is 21.4 Å². The number of aliphatic hydroxyl groups is 1. The summed E-state index contributed by atoms with van der Waals surface area (Å²) in [6, 6.07) is 6.36. The molecular weight excluding hydrogens is 298 g/mol. The highest BCUT2D eigenvalue weighted by molar-refractivity contribution is 7.89. The van der Waals surface area contributed by atoms with Crippen molar-refractivity contribution in [3.8, 4) is 0 Å². The second kappa shape index (κ2) is 6.53. The number of thiophene rings is 1. The fourth-order valence-corrected chi connectivity index (χ4v) is 3.96. The van der Waals surface area contributed by atoms with Gasteiger partial charge in [-0.15, -0.1) is 11.3 Å². The van der Waals surface area contributed by atoms with E-state index in [0.717, 1.165) is 11.3 Å². The lowest BCUT2D eigenvalue weighted by atomic mass is 10.1. The zero-order valence-electron chi connectivity index (χ0n) is 11.1. The second-order valence-electron chi connectivity index (χ2n) is 4.36. The van der Waals surface area contributed by atoms with E-state index in [1.807, 2.05) is 24.4 Å². The molecule has 20 heavy (non-hydrogen) atoms. The molecule has 0 aromatic carbocycles. The minimum atomic E-state index is -3.72. The third-order valence-corrected chi connectivity index (χ3v) is 5.15. The van der Waals surface area contributed by atoms with Gasteiger partial charge in [0.05, 0.1) is 6.04 Å². The van der Waals surface area contributed by atoms with E-state index in [1.54, 1.807) is 0 Å². The first-order valence-electron chi connectivity index (χ1n) is 6.32. The molecule has 0 aliphatic heterocycles. The number of furan rings is 1. The van der Waals surface area contributed by atoms with Gasteiger partial charge in [0.15, 0.2) is 0 Å². The third kappa shape index (κ3) is 3.49. The zero-order chi connectivity index (χ0) is 14.6. The first-order valence-corrected chi connectivity index (χ1v) is 8.68. The van der Waals surface area contributed by atoms with Crippen molar-refractivity contribution < 1.29 is 17.9 Å². The summed E-state index contributed by atoms with van der Waals surface area (Å²) in [6.07, 6.45) is 1.58. The molecule has 0 radical (unpaired) electrons. The Balaban J connectivity index is 2.20. The maximum atomic E-state index is 12.3. The number of aliphatic hydroxyl groups excluding tert-OH is 1. The van der Waals surface area contributed by atoms with E-state index in [-0.39, 0.29) is 23.5 Å². The summed E-state index contributed by atoms with van der Waals surface area (Å²) in [5.41, 5.74) is 0. The Kier molecular flexibility index (Phi) is 4.98. The molecule has 2 aromatic heterocycles. The highest BCUT2D eigenvalue weighted by atomic mass is 32.2. The Bertz CT molecular complexity index is 631. The second-order valence-corrected chi connectivity index (χ2v) is 6.98. The first-order chi connectivity index (χ1) is 9.56. The summed E-state index contributed by atoms with van der Waals surface area (Å²) in [7, 11) is -3.72. The van der Waals surface area contributed by atoms with Crippen LogP contribution in [0.15, 0.2) is 39.2 Å². The maximum Gasteiger partial charge on any atom is 0.274 e. The van der Waals surface area contributed by atoms with Gasteiger partial charge in [-0.1, -0.05) is 19.4 Å². The van der Waals surface area contributed by atoms with Gasteiger partial charge in [0, 0.05) is 4.88 Å². The predicted molar refractivity (Wildman–Crippen MR) is 76.9 cm³/mol. The Hall–Kier alpha value is -1.15. The van der Waals surface area contributed by atoms with Gasteiger partial charge >= 0.3 is 0 Å². The predicted octanol–water partition coefficient (Wildman–Crippen LogP) is 2.65. The van der Waals surface area contributed by atoms with Crippen LogP contribution in [0.3, 0.4) is 0 Å². The largest absolute Gasteiger partial charge is 0.446 e. The molecule has 0 spiro atoms. The van der Waals surface area contributed by atoms with Gasteiger partial charge in [0.2, 0.25) is 5.09 Å². The van der Waals surface area contributed by atoms with Gasteiger partial charge in [-0.05, 0) is 30.0 Å². The van der Waals surface area contributed by atoms with E-state index >= 15 is 0 Å². The highest BCUT2D eigenvalue weighted by Crippen LogP contribution is 2.26. The molecule has 110 valence electrons. The lowest BCUT2D eigenvalue weighted by molar-refractivity contribution is 0.236. The lowest BCUT2D eigenvalue weighted by Gasteiger charge is -2.15. The van der Waals surface area contributed by atoms with Crippen LogP contribution >= 0.6 is 11.3 Å². The normalized spacial score (nSPS) is 13.5. The Morgan fingerprint density at radius 3 is 2.75 bits per heavy atom. The molecule has 7 heteroatoms. The monoisotopic (exact) mass is 315 g/mol. The molecule has 1 atom stereocenters. The molecule has 0 saturated heterocycles. The van der Waals surface area contributed by atoms with Crippen LogP contribution in [0.5, 0.6) is 0 Å². The van der Waals surface area contributed by atoms with Crippen LogP contribution in [-0.2, 0) is 16.6 Å². The number of nitrogens with one attached hydrogen (secondary N) is 1. The van der Waals surface area contributed by atoms with Crippen molar-refractivity contribution in [3.05, 3.63) is 40.3 Å². The Morgan fingerprint density at radius 2 is 2.20 bits per heavy atom. The van der Waals surface area contributed by atoms with Crippen LogP contribution < -0.4 is 4.72 Å². The molecule has 2 rings (SSSR count). The summed E-state index contributed by atoms with van der Waals surface area (Å²) in [6.45, 7) is 1.69. The number of hydrogen-bond acceptors (Lipinski definition) is 5. The Labute approximate surface area is 122 Å². The standard InChI is InChI=1S/C13H17NO4S2/c1-2-4-11(12-5-3-8-19-12)14-20(16,17)13-7-6-10(9-15)18-13/h3,5-8,11,14-15H,2,4,9H2,1H3. The van der Waals surface area contributed by atoms with Crippen LogP contribution in [0.1, 0.15) is 36.4 Å². The molecule has 2 N–H and O–H groups in total. The molecule has 0 aliphatic rings. The number of sulfonamides is 1. The summed E-state index contributed by atoms with van der Waals surface area (Å²) in [4.78, 5) is 0.976. The molecule has 0 bridgehead atoms. The van der Waals surface area contributed by atoms with E-state index in [2.05, 4.69) is 4.72 Å². The Morgan fingerprint density at radius 1 is 1.40 bits per heavy atom. The summed E-state index contributed by atoms with van der Waals surface area (Å²) in [5.74, 6) is 0.230. The zero-order valence-corrected chi connectivity index (χ0v) is 12.7. The third-order valence-electron chi connectivity index (χ3n) is 2.82. The summed E-state index contributed by atoms with van der Waals surface area (Å²) >= 11 is 1.52. The van der Waals surface area contributed by atoms with Crippen molar-refractivity contribution in [2.75, 3.05) is 0 Å². The topological polar surface area (TPSA) is 79.5 Å². The smallest absolute Gasteiger partial charge is 0.274 e. The van der Waals surface area contributed by atoms with Gasteiger partial charge < -0.3 is 9.52 Å². The maximum absolute atomic E-state index is 12.3. The van der Waals surface area contributed by atoms with Gasteiger partial charge in [-0.3, -0.25) is 0 Å². The molecule has 0 aliphatic carbocycles. The first kappa shape index (κ1) is 15.2. The van der Waals surface area contributed by atoms with E-state index in [0.29, 0.717) is 6.42 Å².